The van der Waals surface area contributed by atoms with Gasteiger partial charge in [0.1, 0.15) is 6.04 Å². The number of carbonyl (C=O) groups is 3. The molecule has 3 amide bonds. The van der Waals surface area contributed by atoms with E-state index in [9.17, 15) is 14.4 Å². The molecular weight excluding hydrogens is 426 g/mol. The average Bonchev–Trinajstić information content (AvgIpc) is 2.84. The van der Waals surface area contributed by atoms with E-state index in [1.165, 1.54) is 19.3 Å². The van der Waals surface area contributed by atoms with Crippen molar-refractivity contribution < 1.29 is 14.4 Å². The zero-order valence-electron chi connectivity index (χ0n) is 21.6. The molecule has 1 fully saturated rings. The first-order valence-electron chi connectivity index (χ1n) is 13.4. The second-order valence-corrected chi connectivity index (χ2v) is 9.65. The summed E-state index contributed by atoms with van der Waals surface area (Å²) in [6.45, 7) is 7.87. The first-order chi connectivity index (χ1) is 16.5. The van der Waals surface area contributed by atoms with Crippen molar-refractivity contribution in [2.24, 2.45) is 0 Å². The number of unbranched alkanes of at least 4 members (excludes halogenated alkanes) is 6. The van der Waals surface area contributed by atoms with Crippen LogP contribution in [0.25, 0.3) is 0 Å². The lowest BCUT2D eigenvalue weighted by molar-refractivity contribution is -0.144. The second kappa shape index (κ2) is 15.5. The lowest BCUT2D eigenvalue weighted by Crippen LogP contribution is -2.59. The van der Waals surface area contributed by atoms with Gasteiger partial charge in [0.25, 0.3) is 0 Å². The number of carbonyl (C=O) groups excluding carboxylic acids is 3. The summed E-state index contributed by atoms with van der Waals surface area (Å²) in [6.07, 6.45) is 10.2. The number of hydrogen-bond acceptors (Lipinski definition) is 3. The molecule has 0 radical (unpaired) electrons. The van der Waals surface area contributed by atoms with Gasteiger partial charge in [0.05, 0.1) is 0 Å². The van der Waals surface area contributed by atoms with Crippen LogP contribution < -0.4 is 5.32 Å². The average molecular weight is 472 g/mol. The van der Waals surface area contributed by atoms with Gasteiger partial charge in [-0.2, -0.15) is 0 Å². The summed E-state index contributed by atoms with van der Waals surface area (Å²) in [5, 5.41) is 3.03. The topological polar surface area (TPSA) is 69.7 Å². The highest BCUT2D eigenvalue weighted by atomic mass is 16.2. The molecule has 1 aliphatic rings. The van der Waals surface area contributed by atoms with Crippen molar-refractivity contribution >= 4 is 17.7 Å². The van der Waals surface area contributed by atoms with E-state index in [0.717, 1.165) is 37.7 Å². The molecule has 0 aliphatic carbocycles. The van der Waals surface area contributed by atoms with Crippen LogP contribution in [0.1, 0.15) is 90.5 Å². The number of nitrogens with zero attached hydrogens (tertiary/aromatic N) is 2. The van der Waals surface area contributed by atoms with Crippen molar-refractivity contribution in [1.29, 1.82) is 0 Å². The van der Waals surface area contributed by atoms with Crippen molar-refractivity contribution in [2.75, 3.05) is 19.6 Å². The van der Waals surface area contributed by atoms with Gasteiger partial charge in [0.2, 0.25) is 17.7 Å². The van der Waals surface area contributed by atoms with Crippen LogP contribution in [-0.4, -0.2) is 59.2 Å². The standard InChI is InChI=1S/C28H45N3O3/c1-4-6-8-9-10-14-17-26(32)29-25(21-24-15-12-11-13-16-24)28(34)30-19-20-31(23(3)22-30)27(33)18-7-5-2/h11-13,15-16,23,25H,4-10,14,17-22H2,1-3H3,(H,29,32). The van der Waals surface area contributed by atoms with E-state index in [1.807, 2.05) is 47.1 Å². The van der Waals surface area contributed by atoms with Gasteiger partial charge in [-0.25, -0.2) is 0 Å². The quantitative estimate of drug-likeness (QED) is 0.399. The summed E-state index contributed by atoms with van der Waals surface area (Å²) >= 11 is 0. The zero-order chi connectivity index (χ0) is 24.8. The molecule has 0 aromatic heterocycles. The molecule has 6 heteroatoms. The molecule has 2 atom stereocenters. The lowest BCUT2D eigenvalue weighted by atomic mass is 10.0. The Morgan fingerprint density at radius 2 is 1.59 bits per heavy atom. The molecule has 34 heavy (non-hydrogen) atoms. The van der Waals surface area contributed by atoms with Gasteiger partial charge in [0, 0.05) is 44.9 Å². The van der Waals surface area contributed by atoms with Crippen LogP contribution in [-0.2, 0) is 20.8 Å². The van der Waals surface area contributed by atoms with Crippen molar-refractivity contribution in [1.82, 2.24) is 15.1 Å². The Morgan fingerprint density at radius 1 is 0.912 bits per heavy atom. The Hall–Kier alpha value is -2.37. The molecule has 0 saturated carbocycles. The van der Waals surface area contributed by atoms with Crippen LogP contribution in [0, 0.1) is 0 Å². The normalized spacial score (nSPS) is 16.9. The maximum atomic E-state index is 13.5. The third-order valence-electron chi connectivity index (χ3n) is 6.68. The molecule has 190 valence electrons. The van der Waals surface area contributed by atoms with Gasteiger partial charge in [0.15, 0.2) is 0 Å². The van der Waals surface area contributed by atoms with Crippen LogP contribution >= 0.6 is 0 Å². The Labute approximate surface area is 206 Å². The Kier molecular flexibility index (Phi) is 12.7. The third kappa shape index (κ3) is 9.47. The third-order valence-corrected chi connectivity index (χ3v) is 6.68. The smallest absolute Gasteiger partial charge is 0.245 e. The highest BCUT2D eigenvalue weighted by Gasteiger charge is 2.33. The second-order valence-electron chi connectivity index (χ2n) is 9.65. The molecule has 1 aliphatic heterocycles. The van der Waals surface area contributed by atoms with E-state index in [-0.39, 0.29) is 23.8 Å². The molecule has 1 aromatic carbocycles. The molecule has 0 spiro atoms. The molecule has 0 bridgehead atoms. The fourth-order valence-corrected chi connectivity index (χ4v) is 4.60. The van der Waals surface area contributed by atoms with Crippen LogP contribution in [0.5, 0.6) is 0 Å². The molecule has 1 heterocycles. The van der Waals surface area contributed by atoms with Crippen molar-refractivity contribution in [3.8, 4) is 0 Å². The van der Waals surface area contributed by atoms with Crippen LogP contribution in [0.2, 0.25) is 0 Å². The van der Waals surface area contributed by atoms with Crippen molar-refractivity contribution in [3.05, 3.63) is 35.9 Å². The van der Waals surface area contributed by atoms with E-state index in [4.69, 9.17) is 0 Å². The number of piperazine rings is 1. The lowest BCUT2D eigenvalue weighted by Gasteiger charge is -2.41. The van der Waals surface area contributed by atoms with E-state index in [1.54, 1.807) is 0 Å². The van der Waals surface area contributed by atoms with Crippen LogP contribution in [0.15, 0.2) is 30.3 Å². The predicted octanol–water partition coefficient (Wildman–Crippen LogP) is 4.71. The fourth-order valence-electron chi connectivity index (χ4n) is 4.60. The number of benzene rings is 1. The van der Waals surface area contributed by atoms with Gasteiger partial charge in [-0.05, 0) is 25.3 Å². The van der Waals surface area contributed by atoms with Gasteiger partial charge in [-0.1, -0.05) is 82.7 Å². The summed E-state index contributed by atoms with van der Waals surface area (Å²) in [5.74, 6) is 0.0772. The van der Waals surface area contributed by atoms with E-state index in [0.29, 0.717) is 38.9 Å². The van der Waals surface area contributed by atoms with Crippen LogP contribution in [0.3, 0.4) is 0 Å². The summed E-state index contributed by atoms with van der Waals surface area (Å²) < 4.78 is 0. The van der Waals surface area contributed by atoms with Gasteiger partial charge in [-0.3, -0.25) is 14.4 Å². The van der Waals surface area contributed by atoms with Gasteiger partial charge in [-0.15, -0.1) is 0 Å². The highest BCUT2D eigenvalue weighted by molar-refractivity contribution is 5.88. The minimum absolute atomic E-state index is 0.0155. The fraction of sp³-hybridized carbons (Fsp3) is 0.679. The molecule has 1 N–H and O–H groups in total. The number of hydrogen-bond donors (Lipinski definition) is 1. The predicted molar refractivity (Wildman–Crippen MR) is 137 cm³/mol. The van der Waals surface area contributed by atoms with Crippen LogP contribution in [0.4, 0.5) is 0 Å². The Balaban J connectivity index is 1.95. The molecule has 6 nitrogen and oxygen atoms in total. The summed E-state index contributed by atoms with van der Waals surface area (Å²) in [5.41, 5.74) is 1.03. The molecule has 1 saturated heterocycles. The number of amides is 3. The Bertz CT molecular complexity index is 753. The first-order valence-corrected chi connectivity index (χ1v) is 13.4. The highest BCUT2D eigenvalue weighted by Crippen LogP contribution is 2.15. The van der Waals surface area contributed by atoms with E-state index < -0.39 is 6.04 Å². The molecule has 1 aromatic rings. The van der Waals surface area contributed by atoms with Crippen molar-refractivity contribution in [2.45, 2.75) is 103 Å². The maximum Gasteiger partial charge on any atom is 0.245 e. The number of rotatable bonds is 14. The summed E-state index contributed by atoms with van der Waals surface area (Å²) in [4.78, 5) is 42.4. The summed E-state index contributed by atoms with van der Waals surface area (Å²) in [6, 6.07) is 9.26. The SMILES string of the molecule is CCCCCCCCC(=O)NC(Cc1ccccc1)C(=O)N1CCN(C(=O)CCCC)C(C)C1. The minimum atomic E-state index is -0.579. The van der Waals surface area contributed by atoms with Gasteiger partial charge < -0.3 is 15.1 Å². The Morgan fingerprint density at radius 3 is 2.26 bits per heavy atom. The zero-order valence-corrected chi connectivity index (χ0v) is 21.6. The molecule has 2 rings (SSSR count). The van der Waals surface area contributed by atoms with Gasteiger partial charge >= 0.3 is 0 Å². The maximum absolute atomic E-state index is 13.5. The van der Waals surface area contributed by atoms with Crippen molar-refractivity contribution in [3.63, 3.8) is 0 Å². The first kappa shape index (κ1) is 27.9. The van der Waals surface area contributed by atoms with E-state index >= 15 is 0 Å². The monoisotopic (exact) mass is 471 g/mol. The number of nitrogens with one attached hydrogen (secondary N) is 1. The minimum Gasteiger partial charge on any atom is -0.344 e. The molecular formula is C28H45N3O3. The summed E-state index contributed by atoms with van der Waals surface area (Å²) in [7, 11) is 0. The largest absolute Gasteiger partial charge is 0.344 e. The molecule has 2 unspecified atom stereocenters. The van der Waals surface area contributed by atoms with E-state index in [2.05, 4.69) is 19.2 Å².